The van der Waals surface area contributed by atoms with Gasteiger partial charge in [0.25, 0.3) is 0 Å². The van der Waals surface area contributed by atoms with Crippen LogP contribution >= 0.6 is 11.3 Å². The van der Waals surface area contributed by atoms with Gasteiger partial charge >= 0.3 is 0 Å². The maximum atomic E-state index is 5.56. The molecule has 4 aromatic rings. The molecule has 6 heteroatoms. The Balaban J connectivity index is 1.70. The van der Waals surface area contributed by atoms with Crippen LogP contribution in [0.4, 0.5) is 5.95 Å². The minimum atomic E-state index is 0.576. The van der Waals surface area contributed by atoms with Gasteiger partial charge in [0.1, 0.15) is 5.69 Å². The molecule has 0 aliphatic carbocycles. The molecule has 0 saturated heterocycles. The van der Waals surface area contributed by atoms with Gasteiger partial charge in [-0.05, 0) is 41.3 Å². The summed E-state index contributed by atoms with van der Waals surface area (Å²) in [6, 6.07) is 11.7. The van der Waals surface area contributed by atoms with Crippen LogP contribution in [-0.2, 0) is 6.54 Å². The van der Waals surface area contributed by atoms with E-state index in [9.17, 15) is 0 Å². The molecule has 118 valence electrons. The highest BCUT2D eigenvalue weighted by Gasteiger charge is 2.13. The number of furan rings is 1. The summed E-state index contributed by atoms with van der Waals surface area (Å²) in [5.41, 5.74) is 2.67. The molecule has 0 unspecified atom stereocenters. The largest absolute Gasteiger partial charge is 0.463 e. The Morgan fingerprint density at radius 1 is 1.08 bits per heavy atom. The summed E-state index contributed by atoms with van der Waals surface area (Å²) in [4.78, 5) is 14.4. The molecule has 4 rings (SSSR count). The number of hydrogen-bond acceptors (Lipinski definition) is 6. The molecule has 4 heterocycles. The lowest BCUT2D eigenvalue weighted by Gasteiger charge is -2.09. The number of rotatable bonds is 5. The summed E-state index contributed by atoms with van der Waals surface area (Å²) in [5, 5.41) is 5.32. The van der Waals surface area contributed by atoms with Gasteiger partial charge in [-0.3, -0.25) is 4.98 Å². The number of hydrogen-bond donors (Lipinski definition) is 1. The molecule has 0 aliphatic heterocycles. The fourth-order valence-electron chi connectivity index (χ4n) is 2.39. The number of anilines is 1. The molecule has 0 aliphatic rings. The smallest absolute Gasteiger partial charge is 0.223 e. The average molecular weight is 334 g/mol. The van der Waals surface area contributed by atoms with Crippen molar-refractivity contribution in [2.45, 2.75) is 6.54 Å². The third-order valence-corrected chi connectivity index (χ3v) is 4.41. The number of aromatic nitrogens is 3. The van der Waals surface area contributed by atoms with Gasteiger partial charge in [-0.25, -0.2) is 9.97 Å². The van der Waals surface area contributed by atoms with Gasteiger partial charge in [0.05, 0.1) is 12.8 Å². The van der Waals surface area contributed by atoms with E-state index in [1.54, 1.807) is 30.0 Å². The van der Waals surface area contributed by atoms with Crippen molar-refractivity contribution < 1.29 is 4.42 Å². The second-order valence-corrected chi connectivity index (χ2v) is 6.13. The van der Waals surface area contributed by atoms with E-state index >= 15 is 0 Å². The van der Waals surface area contributed by atoms with Crippen LogP contribution in [0.5, 0.6) is 0 Å². The molecular weight excluding hydrogens is 320 g/mol. The predicted octanol–water partition coefficient (Wildman–Crippen LogP) is 4.47. The van der Waals surface area contributed by atoms with Gasteiger partial charge in [-0.15, -0.1) is 11.3 Å². The van der Waals surface area contributed by atoms with Crippen molar-refractivity contribution in [3.8, 4) is 22.6 Å². The SMILES string of the molecule is c1coc(-c2nc(NCc3cccs3)ncc2-c2ccncc2)c1. The third kappa shape index (κ3) is 3.04. The summed E-state index contributed by atoms with van der Waals surface area (Å²) in [6.07, 6.45) is 6.97. The van der Waals surface area contributed by atoms with E-state index in [1.165, 1.54) is 4.88 Å². The molecule has 0 bridgehead atoms. The molecule has 0 radical (unpaired) electrons. The third-order valence-electron chi connectivity index (χ3n) is 3.54. The molecule has 24 heavy (non-hydrogen) atoms. The molecule has 0 aromatic carbocycles. The van der Waals surface area contributed by atoms with Crippen molar-refractivity contribution in [1.82, 2.24) is 15.0 Å². The van der Waals surface area contributed by atoms with Gasteiger partial charge in [0.15, 0.2) is 5.76 Å². The maximum absolute atomic E-state index is 5.56. The minimum Gasteiger partial charge on any atom is -0.463 e. The van der Waals surface area contributed by atoms with E-state index in [1.807, 2.05) is 36.5 Å². The van der Waals surface area contributed by atoms with Gasteiger partial charge in [-0.2, -0.15) is 0 Å². The fourth-order valence-corrected chi connectivity index (χ4v) is 3.03. The van der Waals surface area contributed by atoms with Crippen LogP contribution in [0.15, 0.2) is 71.0 Å². The van der Waals surface area contributed by atoms with Crippen LogP contribution in [0.25, 0.3) is 22.6 Å². The molecule has 4 aromatic heterocycles. The predicted molar refractivity (Wildman–Crippen MR) is 94.6 cm³/mol. The lowest BCUT2D eigenvalue weighted by molar-refractivity contribution is 0.580. The van der Waals surface area contributed by atoms with Crippen LogP contribution in [0, 0.1) is 0 Å². The zero-order chi connectivity index (χ0) is 16.2. The highest BCUT2D eigenvalue weighted by Crippen LogP contribution is 2.30. The van der Waals surface area contributed by atoms with Crippen molar-refractivity contribution >= 4 is 17.3 Å². The zero-order valence-corrected chi connectivity index (χ0v) is 13.5. The quantitative estimate of drug-likeness (QED) is 0.583. The first-order valence-electron chi connectivity index (χ1n) is 7.48. The summed E-state index contributed by atoms with van der Waals surface area (Å²) < 4.78 is 5.56. The number of thiophene rings is 1. The number of nitrogens with one attached hydrogen (secondary N) is 1. The van der Waals surface area contributed by atoms with Crippen LogP contribution in [-0.4, -0.2) is 15.0 Å². The van der Waals surface area contributed by atoms with E-state index in [-0.39, 0.29) is 0 Å². The lowest BCUT2D eigenvalue weighted by Crippen LogP contribution is -2.04. The molecule has 0 amide bonds. The summed E-state index contributed by atoms with van der Waals surface area (Å²) in [6.45, 7) is 0.698. The van der Waals surface area contributed by atoms with E-state index in [4.69, 9.17) is 4.42 Å². The summed E-state index contributed by atoms with van der Waals surface area (Å²) >= 11 is 1.70. The van der Waals surface area contributed by atoms with Gasteiger partial charge in [0.2, 0.25) is 5.95 Å². The maximum Gasteiger partial charge on any atom is 0.223 e. The molecule has 5 nitrogen and oxygen atoms in total. The Hall–Kier alpha value is -2.99. The van der Waals surface area contributed by atoms with Crippen LogP contribution in [0.2, 0.25) is 0 Å². The van der Waals surface area contributed by atoms with Crippen molar-refractivity contribution in [2.24, 2.45) is 0 Å². The molecular formula is C18H14N4OS. The van der Waals surface area contributed by atoms with Gasteiger partial charge < -0.3 is 9.73 Å². The summed E-state index contributed by atoms with van der Waals surface area (Å²) in [5.74, 6) is 1.29. The van der Waals surface area contributed by atoms with Crippen LogP contribution in [0.1, 0.15) is 4.88 Å². The van der Waals surface area contributed by atoms with Crippen molar-refractivity contribution in [2.75, 3.05) is 5.32 Å². The molecule has 0 atom stereocenters. The topological polar surface area (TPSA) is 63.8 Å². The highest BCUT2D eigenvalue weighted by atomic mass is 32.1. The standard InChI is InChI=1S/C18H14N4OS/c1-4-16(23-9-1)17-15(13-5-7-19-8-6-13)12-21-18(22-17)20-11-14-3-2-10-24-14/h1-10,12H,11H2,(H,20,21,22). The fraction of sp³-hybridized carbons (Fsp3) is 0.0556. The normalized spacial score (nSPS) is 10.7. The molecule has 0 saturated carbocycles. The van der Waals surface area contributed by atoms with Gasteiger partial charge in [-0.1, -0.05) is 6.07 Å². The Morgan fingerprint density at radius 3 is 2.75 bits per heavy atom. The van der Waals surface area contributed by atoms with E-state index in [0.717, 1.165) is 16.8 Å². The minimum absolute atomic E-state index is 0.576. The molecule has 0 spiro atoms. The van der Waals surface area contributed by atoms with E-state index in [0.29, 0.717) is 18.3 Å². The van der Waals surface area contributed by atoms with Crippen molar-refractivity contribution in [1.29, 1.82) is 0 Å². The first-order valence-corrected chi connectivity index (χ1v) is 8.36. The molecule has 0 fully saturated rings. The molecule has 1 N–H and O–H groups in total. The Kier molecular flexibility index (Phi) is 4.04. The van der Waals surface area contributed by atoms with Crippen molar-refractivity contribution in [3.05, 3.63) is 71.5 Å². The Bertz CT molecular complexity index is 906. The second kappa shape index (κ2) is 6.64. The second-order valence-electron chi connectivity index (χ2n) is 5.10. The number of pyridine rings is 1. The average Bonchev–Trinajstić information content (AvgIpc) is 3.34. The first-order chi connectivity index (χ1) is 11.9. The number of nitrogens with zero attached hydrogens (tertiary/aromatic N) is 3. The van der Waals surface area contributed by atoms with Crippen LogP contribution in [0.3, 0.4) is 0 Å². The summed E-state index contributed by atoms with van der Waals surface area (Å²) in [7, 11) is 0. The Morgan fingerprint density at radius 2 is 2.00 bits per heavy atom. The first kappa shape index (κ1) is 14.6. The lowest BCUT2D eigenvalue weighted by atomic mass is 10.1. The van der Waals surface area contributed by atoms with E-state index in [2.05, 4.69) is 31.7 Å². The monoisotopic (exact) mass is 334 g/mol. The van der Waals surface area contributed by atoms with E-state index < -0.39 is 0 Å². The van der Waals surface area contributed by atoms with Crippen LogP contribution < -0.4 is 5.32 Å². The van der Waals surface area contributed by atoms with Crippen molar-refractivity contribution in [3.63, 3.8) is 0 Å². The Labute approximate surface area is 143 Å². The zero-order valence-electron chi connectivity index (χ0n) is 12.7. The highest BCUT2D eigenvalue weighted by molar-refractivity contribution is 7.09. The van der Waals surface area contributed by atoms with Gasteiger partial charge in [0, 0.05) is 29.0 Å².